The lowest BCUT2D eigenvalue weighted by atomic mass is 10.3. The molecule has 12 nitrogen and oxygen atoms in total. The summed E-state index contributed by atoms with van der Waals surface area (Å²) in [5.74, 6) is -1.14. The van der Waals surface area contributed by atoms with Crippen LogP contribution in [0.5, 0.6) is 0 Å². The number of thioether (sulfide) groups is 1. The van der Waals surface area contributed by atoms with E-state index >= 15 is 0 Å². The Bertz CT molecular complexity index is 1280. The van der Waals surface area contributed by atoms with Crippen LogP contribution in [-0.2, 0) is 24.3 Å². The Morgan fingerprint density at radius 1 is 1.15 bits per heavy atom. The highest BCUT2D eigenvalue weighted by molar-refractivity contribution is 8.01. The minimum atomic E-state index is -4.18. The summed E-state index contributed by atoms with van der Waals surface area (Å²) in [6, 6.07) is 12.3. The second-order valence-corrected chi connectivity index (χ2v) is 10.4. The van der Waals surface area contributed by atoms with Crippen molar-refractivity contribution in [3.05, 3.63) is 64.7 Å². The molecule has 1 aromatic heterocycles. The second-order valence-electron chi connectivity index (χ2n) is 6.38. The summed E-state index contributed by atoms with van der Waals surface area (Å²) in [6.45, 7) is -0.626. The number of sulfonamides is 1. The first-order chi connectivity index (χ1) is 16.2. The molecule has 0 aliphatic heterocycles. The predicted molar refractivity (Wildman–Crippen MR) is 125 cm³/mol. The van der Waals surface area contributed by atoms with E-state index in [-0.39, 0.29) is 27.2 Å². The van der Waals surface area contributed by atoms with E-state index in [0.29, 0.717) is 4.34 Å². The molecule has 0 spiro atoms. The Kier molecular flexibility index (Phi) is 8.14. The Morgan fingerprint density at radius 2 is 1.82 bits per heavy atom. The molecule has 34 heavy (non-hydrogen) atoms. The van der Waals surface area contributed by atoms with Crippen LogP contribution in [0.4, 0.5) is 16.5 Å². The summed E-state index contributed by atoms with van der Waals surface area (Å²) >= 11 is 2.08. The third kappa shape index (κ3) is 6.27. The molecule has 0 unspecified atom stereocenters. The van der Waals surface area contributed by atoms with Crippen molar-refractivity contribution in [2.75, 3.05) is 29.0 Å². The number of amides is 1. The quantitative estimate of drug-likeness (QED) is 0.137. The maximum atomic E-state index is 13.3. The molecule has 0 fully saturated rings. The number of carbonyl (C=O) groups is 2. The summed E-state index contributed by atoms with van der Waals surface area (Å²) in [7, 11) is -2.92. The molecule has 0 saturated carbocycles. The van der Waals surface area contributed by atoms with Crippen LogP contribution < -0.4 is 9.62 Å². The van der Waals surface area contributed by atoms with Crippen LogP contribution in [0.15, 0.2) is 63.8 Å². The van der Waals surface area contributed by atoms with Crippen LogP contribution in [0.3, 0.4) is 0 Å². The molecule has 3 rings (SSSR count). The fraction of sp³-hybridized carbons (Fsp3) is 0.158. The van der Waals surface area contributed by atoms with Crippen molar-refractivity contribution in [3.63, 3.8) is 0 Å². The van der Waals surface area contributed by atoms with Gasteiger partial charge in [0.15, 0.2) is 4.34 Å². The van der Waals surface area contributed by atoms with Gasteiger partial charge in [-0.1, -0.05) is 41.3 Å². The SMILES string of the molecule is COC(=O)CSc1nnc(NC(=O)CN(c2ccc([N+](=O)[O-])cc2)S(=O)(=O)c2ccccc2)s1. The van der Waals surface area contributed by atoms with Crippen LogP contribution in [0.25, 0.3) is 0 Å². The highest BCUT2D eigenvalue weighted by atomic mass is 32.2. The molecule has 0 atom stereocenters. The van der Waals surface area contributed by atoms with Gasteiger partial charge in [-0.05, 0) is 24.3 Å². The molecule has 1 amide bonds. The van der Waals surface area contributed by atoms with Gasteiger partial charge in [0, 0.05) is 12.1 Å². The molecule has 1 heterocycles. The molecule has 0 aliphatic rings. The molecule has 0 bridgehead atoms. The van der Waals surface area contributed by atoms with Crippen LogP contribution in [-0.4, -0.2) is 54.8 Å². The Hall–Kier alpha value is -3.56. The van der Waals surface area contributed by atoms with Gasteiger partial charge in [0.2, 0.25) is 11.0 Å². The molecule has 15 heteroatoms. The van der Waals surface area contributed by atoms with E-state index < -0.39 is 33.4 Å². The van der Waals surface area contributed by atoms with E-state index in [0.717, 1.165) is 39.5 Å². The van der Waals surface area contributed by atoms with E-state index in [2.05, 4.69) is 20.3 Å². The van der Waals surface area contributed by atoms with E-state index in [1.165, 1.54) is 43.5 Å². The van der Waals surface area contributed by atoms with E-state index in [4.69, 9.17) is 0 Å². The summed E-state index contributed by atoms with van der Waals surface area (Å²) < 4.78 is 32.3. The van der Waals surface area contributed by atoms with Crippen LogP contribution in [0, 0.1) is 10.1 Å². The van der Waals surface area contributed by atoms with E-state index in [9.17, 15) is 28.1 Å². The number of nitro benzene ring substituents is 1. The molecule has 0 aliphatic carbocycles. The third-order valence-electron chi connectivity index (χ3n) is 4.16. The smallest absolute Gasteiger partial charge is 0.316 e. The molecule has 1 N–H and O–H groups in total. The average Bonchev–Trinajstić information content (AvgIpc) is 3.28. The highest BCUT2D eigenvalue weighted by Gasteiger charge is 2.28. The largest absolute Gasteiger partial charge is 0.468 e. The third-order valence-corrected chi connectivity index (χ3v) is 7.89. The maximum Gasteiger partial charge on any atom is 0.316 e. The summed E-state index contributed by atoms with van der Waals surface area (Å²) in [4.78, 5) is 34.2. The van der Waals surface area contributed by atoms with Crippen LogP contribution in [0.1, 0.15) is 0 Å². The van der Waals surface area contributed by atoms with Gasteiger partial charge in [0.1, 0.15) is 6.54 Å². The van der Waals surface area contributed by atoms with Gasteiger partial charge >= 0.3 is 5.97 Å². The first-order valence-electron chi connectivity index (χ1n) is 9.36. The number of esters is 1. The maximum absolute atomic E-state index is 13.3. The second kappa shape index (κ2) is 11.0. The van der Waals surface area contributed by atoms with Gasteiger partial charge in [-0.2, -0.15) is 0 Å². The lowest BCUT2D eigenvalue weighted by Gasteiger charge is -2.23. The van der Waals surface area contributed by atoms with Gasteiger partial charge in [-0.25, -0.2) is 8.42 Å². The van der Waals surface area contributed by atoms with Crippen molar-refractivity contribution >= 4 is 61.5 Å². The van der Waals surface area contributed by atoms with Gasteiger partial charge in [0.05, 0.1) is 28.4 Å². The Morgan fingerprint density at radius 3 is 2.44 bits per heavy atom. The minimum absolute atomic E-state index is 0.0162. The number of hydrogen-bond donors (Lipinski definition) is 1. The number of methoxy groups -OCH3 is 1. The normalized spacial score (nSPS) is 11.0. The number of benzene rings is 2. The molecular weight excluding hydrogens is 506 g/mol. The van der Waals surface area contributed by atoms with Gasteiger partial charge in [0.25, 0.3) is 15.7 Å². The molecule has 2 aromatic carbocycles. The number of anilines is 2. The number of hydrogen-bond acceptors (Lipinski definition) is 11. The fourth-order valence-electron chi connectivity index (χ4n) is 2.56. The zero-order valence-corrected chi connectivity index (χ0v) is 19.9. The Labute approximate surface area is 202 Å². The zero-order valence-electron chi connectivity index (χ0n) is 17.5. The number of carbonyl (C=O) groups excluding carboxylic acids is 2. The molecule has 3 aromatic rings. The summed E-state index contributed by atoms with van der Waals surface area (Å²) in [5, 5.41) is 21.2. The van der Waals surface area contributed by atoms with E-state index in [1.54, 1.807) is 6.07 Å². The topological polar surface area (TPSA) is 162 Å². The van der Waals surface area contributed by atoms with Crippen molar-refractivity contribution in [2.45, 2.75) is 9.24 Å². The van der Waals surface area contributed by atoms with Crippen molar-refractivity contribution in [1.82, 2.24) is 10.2 Å². The number of non-ortho nitro benzene ring substituents is 1. The van der Waals surface area contributed by atoms with Gasteiger partial charge in [-0.3, -0.25) is 29.3 Å². The first-order valence-corrected chi connectivity index (χ1v) is 12.6. The van der Waals surface area contributed by atoms with Gasteiger partial charge < -0.3 is 4.74 Å². The fourth-order valence-corrected chi connectivity index (χ4v) is 5.61. The minimum Gasteiger partial charge on any atom is -0.468 e. The number of ether oxygens (including phenoxy) is 1. The summed E-state index contributed by atoms with van der Waals surface area (Å²) in [5.41, 5.74) is -0.160. The van der Waals surface area contributed by atoms with Crippen LogP contribution >= 0.6 is 23.1 Å². The molecular formula is C19H17N5O7S3. The number of nitrogens with zero attached hydrogens (tertiary/aromatic N) is 4. The Balaban J connectivity index is 1.81. The summed E-state index contributed by atoms with van der Waals surface area (Å²) in [6.07, 6.45) is 0. The molecule has 178 valence electrons. The predicted octanol–water partition coefficient (Wildman–Crippen LogP) is 2.55. The van der Waals surface area contributed by atoms with Crippen molar-refractivity contribution in [3.8, 4) is 0 Å². The monoisotopic (exact) mass is 523 g/mol. The molecule has 0 radical (unpaired) electrons. The standard InChI is InChI=1S/C19H17N5O7S3/c1-31-17(26)12-32-19-22-21-18(33-19)20-16(25)11-23(13-7-9-14(10-8-13)24(27)28)34(29,30)15-5-3-2-4-6-15/h2-10H,11-12H2,1H3,(H,20,21,25). The molecule has 0 saturated heterocycles. The zero-order chi connectivity index (χ0) is 24.7. The highest BCUT2D eigenvalue weighted by Crippen LogP contribution is 2.27. The number of nitrogens with one attached hydrogen (secondary N) is 1. The number of rotatable bonds is 10. The average molecular weight is 524 g/mol. The lowest BCUT2D eigenvalue weighted by Crippen LogP contribution is -2.38. The van der Waals surface area contributed by atoms with E-state index in [1.807, 2.05) is 0 Å². The first kappa shape index (κ1) is 25.1. The lowest BCUT2D eigenvalue weighted by molar-refractivity contribution is -0.384. The van der Waals surface area contributed by atoms with Crippen molar-refractivity contribution in [2.24, 2.45) is 0 Å². The van der Waals surface area contributed by atoms with Gasteiger partial charge in [-0.15, -0.1) is 10.2 Å². The number of nitro groups is 1. The van der Waals surface area contributed by atoms with Crippen molar-refractivity contribution in [1.29, 1.82) is 0 Å². The van der Waals surface area contributed by atoms with Crippen LogP contribution in [0.2, 0.25) is 0 Å². The number of aromatic nitrogens is 2. The van der Waals surface area contributed by atoms with Crippen molar-refractivity contribution < 1.29 is 27.7 Å².